The molecule has 4 nitrogen and oxygen atoms in total. The normalized spacial score (nSPS) is 21.6. The zero-order valence-corrected chi connectivity index (χ0v) is 11.8. The minimum atomic E-state index is -0.956. The monoisotopic (exact) mass is 279 g/mol. The van der Waals surface area contributed by atoms with Crippen LogP contribution in [0.3, 0.4) is 0 Å². The molecule has 1 aromatic heterocycles. The fourth-order valence-corrected chi connectivity index (χ4v) is 2.90. The van der Waals surface area contributed by atoms with E-state index >= 15 is 0 Å². The molecule has 2 atom stereocenters. The average molecular weight is 279 g/mol. The van der Waals surface area contributed by atoms with Crippen LogP contribution >= 0.6 is 11.3 Å². The Balaban J connectivity index is 1.92. The molecule has 1 N–H and O–H groups in total. The van der Waals surface area contributed by atoms with Crippen LogP contribution in [0.4, 0.5) is 0 Å². The summed E-state index contributed by atoms with van der Waals surface area (Å²) in [4.78, 5) is 25.2. The van der Waals surface area contributed by atoms with Crippen molar-refractivity contribution in [3.63, 3.8) is 0 Å². The maximum Gasteiger partial charge on any atom is 0.328 e. The van der Waals surface area contributed by atoms with E-state index in [-0.39, 0.29) is 11.8 Å². The average Bonchev–Trinajstić information content (AvgIpc) is 2.90. The lowest BCUT2D eigenvalue weighted by molar-refractivity contribution is -0.132. The topological polar surface area (TPSA) is 57.6 Å². The molecule has 0 aromatic carbocycles. The Labute approximate surface area is 116 Å². The van der Waals surface area contributed by atoms with Gasteiger partial charge in [0.2, 0.25) is 5.91 Å². The molecule has 1 aliphatic carbocycles. The van der Waals surface area contributed by atoms with Crippen molar-refractivity contribution in [3.05, 3.63) is 28.0 Å². The Morgan fingerprint density at radius 3 is 2.84 bits per heavy atom. The summed E-state index contributed by atoms with van der Waals surface area (Å²) in [5, 5.41) is 10.5. The van der Waals surface area contributed by atoms with Crippen LogP contribution in [0.2, 0.25) is 0 Å². The van der Waals surface area contributed by atoms with Crippen LogP contribution in [0, 0.1) is 11.8 Å². The number of nitrogens with zero attached hydrogens (tertiary/aromatic N) is 1. The molecule has 0 saturated heterocycles. The summed E-state index contributed by atoms with van der Waals surface area (Å²) >= 11 is 1.54. The van der Waals surface area contributed by atoms with Gasteiger partial charge in [0, 0.05) is 23.9 Å². The summed E-state index contributed by atoms with van der Waals surface area (Å²) in [6.45, 7) is 2.68. The van der Waals surface area contributed by atoms with E-state index in [1.165, 1.54) is 0 Å². The van der Waals surface area contributed by atoms with E-state index in [0.29, 0.717) is 12.5 Å². The number of carbonyl (C=O) groups excluding carboxylic acids is 1. The van der Waals surface area contributed by atoms with Crippen LogP contribution in [0.15, 0.2) is 17.5 Å². The first kappa shape index (κ1) is 13.8. The predicted octanol–water partition coefficient (Wildman–Crippen LogP) is 2.46. The molecular weight excluding hydrogens is 262 g/mol. The lowest BCUT2D eigenvalue weighted by Crippen LogP contribution is -2.27. The maximum absolute atomic E-state index is 12.0. The minimum Gasteiger partial charge on any atom is -0.478 e. The lowest BCUT2D eigenvalue weighted by atomic mass is 10.2. The second-order valence-electron chi connectivity index (χ2n) is 5.03. The number of hydrogen-bond acceptors (Lipinski definition) is 3. The van der Waals surface area contributed by atoms with Gasteiger partial charge in [-0.3, -0.25) is 4.79 Å². The number of amides is 1. The van der Waals surface area contributed by atoms with Gasteiger partial charge in [-0.25, -0.2) is 4.79 Å². The van der Waals surface area contributed by atoms with E-state index in [4.69, 9.17) is 5.11 Å². The van der Waals surface area contributed by atoms with E-state index in [0.717, 1.165) is 22.9 Å². The van der Waals surface area contributed by atoms with Crippen molar-refractivity contribution >= 4 is 29.3 Å². The van der Waals surface area contributed by atoms with Gasteiger partial charge in [-0.2, -0.15) is 0 Å². The van der Waals surface area contributed by atoms with Crippen molar-refractivity contribution in [2.75, 3.05) is 7.05 Å². The van der Waals surface area contributed by atoms with E-state index in [2.05, 4.69) is 6.92 Å². The fourth-order valence-electron chi connectivity index (χ4n) is 2.00. The van der Waals surface area contributed by atoms with Gasteiger partial charge in [-0.1, -0.05) is 6.92 Å². The zero-order valence-electron chi connectivity index (χ0n) is 11.0. The van der Waals surface area contributed by atoms with Crippen LogP contribution in [0.5, 0.6) is 0 Å². The molecule has 1 aromatic rings. The Kier molecular flexibility index (Phi) is 4.04. The molecule has 1 heterocycles. The predicted molar refractivity (Wildman–Crippen MR) is 74.7 cm³/mol. The van der Waals surface area contributed by atoms with E-state index in [1.54, 1.807) is 22.3 Å². The van der Waals surface area contributed by atoms with Crippen LogP contribution in [0.1, 0.15) is 23.8 Å². The van der Waals surface area contributed by atoms with Crippen molar-refractivity contribution < 1.29 is 14.7 Å². The summed E-state index contributed by atoms with van der Waals surface area (Å²) in [7, 11) is 1.82. The third-order valence-electron chi connectivity index (χ3n) is 3.29. The molecule has 0 bridgehead atoms. The lowest BCUT2D eigenvalue weighted by Gasteiger charge is -2.15. The summed E-state index contributed by atoms with van der Waals surface area (Å²) < 4.78 is 0. The number of rotatable bonds is 5. The van der Waals surface area contributed by atoms with Gasteiger partial charge in [0.05, 0.1) is 6.54 Å². The van der Waals surface area contributed by atoms with Gasteiger partial charge in [-0.15, -0.1) is 11.3 Å². The van der Waals surface area contributed by atoms with Crippen LogP contribution in [-0.4, -0.2) is 28.9 Å². The number of carbonyl (C=O) groups is 2. The van der Waals surface area contributed by atoms with E-state index in [9.17, 15) is 9.59 Å². The van der Waals surface area contributed by atoms with E-state index in [1.807, 2.05) is 18.5 Å². The molecule has 102 valence electrons. The highest BCUT2D eigenvalue weighted by atomic mass is 32.1. The molecular formula is C14H17NO3S. The molecule has 1 amide bonds. The third-order valence-corrected chi connectivity index (χ3v) is 4.23. The molecule has 1 saturated carbocycles. The second-order valence-corrected chi connectivity index (χ2v) is 6.03. The standard InChI is InChI=1S/C14H17NO3S/c1-9-5-12(9)14(18)15(2)7-11-6-10(8-19-11)3-4-13(16)17/h3-4,6,8-9,12H,5,7H2,1-2H3,(H,16,17). The first-order chi connectivity index (χ1) is 8.97. The second kappa shape index (κ2) is 5.57. The Bertz CT molecular complexity index is 521. The highest BCUT2D eigenvalue weighted by Crippen LogP contribution is 2.39. The summed E-state index contributed by atoms with van der Waals surface area (Å²) in [6, 6.07) is 1.92. The first-order valence-corrected chi connectivity index (χ1v) is 7.08. The van der Waals surface area contributed by atoms with Gasteiger partial charge < -0.3 is 10.0 Å². The number of thiophene rings is 1. The smallest absolute Gasteiger partial charge is 0.328 e. The highest BCUT2D eigenvalue weighted by Gasteiger charge is 2.40. The maximum atomic E-state index is 12.0. The van der Waals surface area contributed by atoms with Gasteiger partial charge in [0.25, 0.3) is 0 Å². The quantitative estimate of drug-likeness (QED) is 0.842. The summed E-state index contributed by atoms with van der Waals surface area (Å²) in [6.07, 6.45) is 3.68. The van der Waals surface area contributed by atoms with Crippen LogP contribution < -0.4 is 0 Å². The molecule has 0 spiro atoms. The van der Waals surface area contributed by atoms with Crippen molar-refractivity contribution in [1.29, 1.82) is 0 Å². The molecule has 1 fully saturated rings. The minimum absolute atomic E-state index is 0.205. The first-order valence-electron chi connectivity index (χ1n) is 6.20. The molecule has 2 unspecified atom stereocenters. The van der Waals surface area contributed by atoms with Gasteiger partial charge in [0.1, 0.15) is 0 Å². The molecule has 0 aliphatic heterocycles. The van der Waals surface area contributed by atoms with Crippen molar-refractivity contribution in [1.82, 2.24) is 4.90 Å². The van der Waals surface area contributed by atoms with Crippen LogP contribution in [0.25, 0.3) is 6.08 Å². The van der Waals surface area contributed by atoms with E-state index < -0.39 is 5.97 Å². The van der Waals surface area contributed by atoms with Crippen LogP contribution in [-0.2, 0) is 16.1 Å². The van der Waals surface area contributed by atoms with Crippen molar-refractivity contribution in [3.8, 4) is 0 Å². The molecule has 2 rings (SSSR count). The number of carboxylic acid groups (broad SMARTS) is 1. The Morgan fingerprint density at radius 1 is 1.58 bits per heavy atom. The van der Waals surface area contributed by atoms with Crippen molar-refractivity contribution in [2.24, 2.45) is 11.8 Å². The SMILES string of the molecule is CC1CC1C(=O)N(C)Cc1cc(C=CC(=O)O)cs1. The Hall–Kier alpha value is -1.62. The largest absolute Gasteiger partial charge is 0.478 e. The zero-order chi connectivity index (χ0) is 14.0. The fraction of sp³-hybridized carbons (Fsp3) is 0.429. The molecule has 1 aliphatic rings. The van der Waals surface area contributed by atoms with Gasteiger partial charge in [0.15, 0.2) is 0 Å². The highest BCUT2D eigenvalue weighted by molar-refractivity contribution is 7.10. The number of hydrogen-bond donors (Lipinski definition) is 1. The number of carboxylic acids is 1. The molecule has 0 radical (unpaired) electrons. The Morgan fingerprint density at radius 2 is 2.26 bits per heavy atom. The number of aliphatic carboxylic acids is 1. The van der Waals surface area contributed by atoms with Gasteiger partial charge >= 0.3 is 5.97 Å². The molecule has 5 heteroatoms. The summed E-state index contributed by atoms with van der Waals surface area (Å²) in [5.74, 6) is -0.0185. The summed E-state index contributed by atoms with van der Waals surface area (Å²) in [5.41, 5.74) is 0.864. The third kappa shape index (κ3) is 3.67. The van der Waals surface area contributed by atoms with Gasteiger partial charge in [-0.05, 0) is 35.4 Å². The molecule has 19 heavy (non-hydrogen) atoms. The van der Waals surface area contributed by atoms with Crippen molar-refractivity contribution in [2.45, 2.75) is 19.9 Å².